The first-order chi connectivity index (χ1) is 10.1. The molecule has 0 radical (unpaired) electrons. The average Bonchev–Trinajstić information content (AvgIpc) is 2.97. The number of amides is 1. The smallest absolute Gasteiger partial charge is 0.238 e. The number of hydrogen-bond acceptors (Lipinski definition) is 4. The van der Waals surface area contributed by atoms with Crippen LogP contribution in [0.2, 0.25) is 0 Å². The number of rotatable bonds is 6. The molecule has 0 aliphatic heterocycles. The van der Waals surface area contributed by atoms with Gasteiger partial charge in [0.1, 0.15) is 5.75 Å². The fourth-order valence-electron chi connectivity index (χ4n) is 2.76. The van der Waals surface area contributed by atoms with Crippen molar-refractivity contribution in [3.8, 4) is 5.75 Å². The Labute approximate surface area is 131 Å². The monoisotopic (exact) mass is 308 g/mol. The quantitative estimate of drug-likeness (QED) is 0.877. The van der Waals surface area contributed by atoms with E-state index in [1.807, 2.05) is 43.1 Å². The highest BCUT2D eigenvalue weighted by Crippen LogP contribution is 2.30. The third-order valence-electron chi connectivity index (χ3n) is 4.08. The van der Waals surface area contributed by atoms with Crippen LogP contribution in [0, 0.1) is 0 Å². The van der Waals surface area contributed by atoms with Gasteiger partial charge in [-0.3, -0.25) is 9.69 Å². The summed E-state index contributed by atoms with van der Waals surface area (Å²) in [5.74, 6) is 0.828. The minimum absolute atomic E-state index is 0.0373. The van der Waals surface area contributed by atoms with Crippen LogP contribution >= 0.6 is 11.8 Å². The molecule has 2 atom stereocenters. The second-order valence-corrected chi connectivity index (χ2v) is 6.65. The second kappa shape index (κ2) is 7.71. The summed E-state index contributed by atoms with van der Waals surface area (Å²) in [4.78, 5) is 14.3. The molecule has 4 nitrogen and oxygen atoms in total. The Hall–Kier alpha value is -1.20. The van der Waals surface area contributed by atoms with Gasteiger partial charge in [-0.15, -0.1) is 0 Å². The van der Waals surface area contributed by atoms with E-state index >= 15 is 0 Å². The zero-order valence-corrected chi connectivity index (χ0v) is 13.8. The third kappa shape index (κ3) is 4.64. The topological polar surface area (TPSA) is 41.6 Å². The SMILES string of the molecule is COc1ccc(NC(=O)CN(C)[C@H]2CC[C@H](SC)C2)cc1. The number of ether oxygens (including phenoxy) is 1. The molecule has 0 heterocycles. The molecule has 0 spiro atoms. The first kappa shape index (κ1) is 16.2. The normalized spacial score (nSPS) is 21.5. The van der Waals surface area contributed by atoms with Crippen LogP contribution in [-0.2, 0) is 4.79 Å². The van der Waals surface area contributed by atoms with Crippen molar-refractivity contribution < 1.29 is 9.53 Å². The molecule has 0 aromatic heterocycles. The van der Waals surface area contributed by atoms with E-state index in [2.05, 4.69) is 16.5 Å². The van der Waals surface area contributed by atoms with Gasteiger partial charge in [-0.25, -0.2) is 0 Å². The summed E-state index contributed by atoms with van der Waals surface area (Å²) in [5.41, 5.74) is 0.808. The fourth-order valence-corrected chi connectivity index (χ4v) is 3.55. The van der Waals surface area contributed by atoms with Crippen LogP contribution in [0.4, 0.5) is 5.69 Å². The Morgan fingerprint density at radius 1 is 1.38 bits per heavy atom. The Morgan fingerprint density at radius 3 is 2.67 bits per heavy atom. The first-order valence-electron chi connectivity index (χ1n) is 7.29. The molecular weight excluding hydrogens is 284 g/mol. The fraction of sp³-hybridized carbons (Fsp3) is 0.562. The lowest BCUT2D eigenvalue weighted by Crippen LogP contribution is -2.36. The van der Waals surface area contributed by atoms with Gasteiger partial charge in [-0.1, -0.05) is 0 Å². The van der Waals surface area contributed by atoms with Crippen LogP contribution in [0.15, 0.2) is 24.3 Å². The Bertz CT molecular complexity index is 464. The molecule has 1 aliphatic carbocycles. The molecule has 21 heavy (non-hydrogen) atoms. The molecule has 1 aromatic rings. The minimum atomic E-state index is 0.0373. The zero-order chi connectivity index (χ0) is 15.2. The van der Waals surface area contributed by atoms with Gasteiger partial charge >= 0.3 is 0 Å². The second-order valence-electron chi connectivity index (χ2n) is 5.52. The molecule has 0 bridgehead atoms. The molecule has 1 saturated carbocycles. The van der Waals surface area contributed by atoms with Gasteiger partial charge in [-0.2, -0.15) is 11.8 Å². The predicted octanol–water partition coefficient (Wildman–Crippen LogP) is 2.85. The highest BCUT2D eigenvalue weighted by atomic mass is 32.2. The molecule has 116 valence electrons. The van der Waals surface area contributed by atoms with E-state index in [4.69, 9.17) is 4.74 Å². The highest BCUT2D eigenvalue weighted by molar-refractivity contribution is 7.99. The summed E-state index contributed by atoms with van der Waals surface area (Å²) in [5, 5.41) is 3.68. The summed E-state index contributed by atoms with van der Waals surface area (Å²) in [6.45, 7) is 0.442. The van der Waals surface area contributed by atoms with E-state index in [1.54, 1.807) is 7.11 Å². The Balaban J connectivity index is 1.80. The number of carbonyl (C=O) groups excluding carboxylic acids is 1. The van der Waals surface area contributed by atoms with E-state index < -0.39 is 0 Å². The van der Waals surface area contributed by atoms with E-state index in [1.165, 1.54) is 19.3 Å². The van der Waals surface area contributed by atoms with Crippen LogP contribution in [0.1, 0.15) is 19.3 Å². The molecular formula is C16H24N2O2S. The number of thioether (sulfide) groups is 1. The first-order valence-corrected chi connectivity index (χ1v) is 8.58. The van der Waals surface area contributed by atoms with Crippen molar-refractivity contribution in [2.45, 2.75) is 30.6 Å². The van der Waals surface area contributed by atoms with Crippen LogP contribution in [0.3, 0.4) is 0 Å². The summed E-state index contributed by atoms with van der Waals surface area (Å²) in [7, 11) is 3.67. The number of methoxy groups -OCH3 is 1. The van der Waals surface area contributed by atoms with Crippen molar-refractivity contribution in [3.63, 3.8) is 0 Å². The molecule has 1 fully saturated rings. The van der Waals surface area contributed by atoms with Gasteiger partial charge in [0, 0.05) is 17.0 Å². The van der Waals surface area contributed by atoms with Crippen LogP contribution < -0.4 is 10.1 Å². The Kier molecular flexibility index (Phi) is 5.94. The summed E-state index contributed by atoms with van der Waals surface area (Å²) in [6.07, 6.45) is 5.81. The molecule has 1 N–H and O–H groups in total. The van der Waals surface area contributed by atoms with Crippen molar-refractivity contribution in [3.05, 3.63) is 24.3 Å². The molecule has 2 rings (SSSR count). The van der Waals surface area contributed by atoms with E-state index in [-0.39, 0.29) is 5.91 Å². The lowest BCUT2D eigenvalue weighted by molar-refractivity contribution is -0.117. The van der Waals surface area contributed by atoms with E-state index in [0.717, 1.165) is 16.7 Å². The van der Waals surface area contributed by atoms with Gasteiger partial charge < -0.3 is 10.1 Å². The van der Waals surface area contributed by atoms with Gasteiger partial charge in [0.25, 0.3) is 0 Å². The summed E-state index contributed by atoms with van der Waals surface area (Å²) < 4.78 is 5.10. The van der Waals surface area contributed by atoms with E-state index in [9.17, 15) is 4.79 Å². The lowest BCUT2D eigenvalue weighted by Gasteiger charge is -2.23. The average molecular weight is 308 g/mol. The lowest BCUT2D eigenvalue weighted by atomic mass is 10.2. The highest BCUT2D eigenvalue weighted by Gasteiger charge is 2.27. The molecule has 5 heteroatoms. The van der Waals surface area contributed by atoms with Crippen LogP contribution in [0.25, 0.3) is 0 Å². The molecule has 0 unspecified atom stereocenters. The minimum Gasteiger partial charge on any atom is -0.497 e. The van der Waals surface area contributed by atoms with Gasteiger partial charge in [0.05, 0.1) is 13.7 Å². The third-order valence-corrected chi connectivity index (χ3v) is 5.18. The zero-order valence-electron chi connectivity index (χ0n) is 13.0. The number of benzene rings is 1. The standard InChI is InChI=1S/C16H24N2O2S/c1-18(13-6-9-15(10-13)21-3)11-16(19)17-12-4-7-14(20-2)8-5-12/h4-5,7-8,13,15H,6,9-11H2,1-3H3,(H,17,19)/t13-,15-/m0/s1. The molecule has 1 aliphatic rings. The van der Waals surface area contributed by atoms with Gasteiger partial charge in [0.2, 0.25) is 5.91 Å². The molecule has 1 amide bonds. The van der Waals surface area contributed by atoms with Crippen molar-refractivity contribution in [1.82, 2.24) is 4.90 Å². The predicted molar refractivity (Wildman–Crippen MR) is 89.2 cm³/mol. The van der Waals surface area contributed by atoms with Crippen molar-refractivity contribution in [1.29, 1.82) is 0 Å². The maximum Gasteiger partial charge on any atom is 0.238 e. The number of nitrogens with zero attached hydrogens (tertiary/aromatic N) is 1. The number of hydrogen-bond donors (Lipinski definition) is 1. The maximum atomic E-state index is 12.1. The summed E-state index contributed by atoms with van der Waals surface area (Å²) >= 11 is 1.94. The maximum absolute atomic E-state index is 12.1. The number of anilines is 1. The molecule has 1 aromatic carbocycles. The van der Waals surface area contributed by atoms with Crippen LogP contribution in [-0.4, -0.2) is 49.1 Å². The largest absolute Gasteiger partial charge is 0.497 e. The van der Waals surface area contributed by atoms with Crippen molar-refractivity contribution in [2.75, 3.05) is 32.3 Å². The van der Waals surface area contributed by atoms with Gasteiger partial charge in [0.15, 0.2) is 0 Å². The van der Waals surface area contributed by atoms with Crippen LogP contribution in [0.5, 0.6) is 5.75 Å². The van der Waals surface area contributed by atoms with Gasteiger partial charge in [-0.05, 0) is 56.8 Å². The number of carbonyl (C=O) groups is 1. The van der Waals surface area contributed by atoms with Crippen molar-refractivity contribution in [2.24, 2.45) is 0 Å². The van der Waals surface area contributed by atoms with Crippen molar-refractivity contribution >= 4 is 23.4 Å². The summed E-state index contributed by atoms with van der Waals surface area (Å²) in [6, 6.07) is 7.94. The van der Waals surface area contributed by atoms with E-state index in [0.29, 0.717) is 12.6 Å². The number of likely N-dealkylation sites (N-methyl/N-ethyl adjacent to an activating group) is 1. The number of nitrogens with one attached hydrogen (secondary N) is 1. The Morgan fingerprint density at radius 2 is 2.10 bits per heavy atom. The molecule has 0 saturated heterocycles.